The molecule has 0 spiro atoms. The molecule has 61 heavy (non-hydrogen) atoms. The van der Waals surface area contributed by atoms with Gasteiger partial charge in [-0.2, -0.15) is 32.3 Å². The number of Topliss-reactive ketones (excluding diaryl/α,β-unsaturated/α-hetero) is 1. The smallest absolute Gasteiger partial charge is 0.432 e. The van der Waals surface area contributed by atoms with Crippen molar-refractivity contribution in [2.45, 2.75) is 72.2 Å². The third-order valence-corrected chi connectivity index (χ3v) is 8.19. The Morgan fingerprint density at radius 3 is 1.38 bits per heavy atom. The van der Waals surface area contributed by atoms with E-state index in [9.17, 15) is 22.8 Å². The molecule has 0 saturated carbocycles. The number of aryl methyl sites for hydroxylation is 2. The van der Waals surface area contributed by atoms with Crippen molar-refractivity contribution in [3.8, 4) is 45.8 Å². The summed E-state index contributed by atoms with van der Waals surface area (Å²) in [6, 6.07) is 3.70. The lowest BCUT2D eigenvalue weighted by Crippen LogP contribution is -2.17. The molecule has 0 radical (unpaired) electrons. The summed E-state index contributed by atoms with van der Waals surface area (Å²) in [6.07, 6.45) is 6.65. The van der Waals surface area contributed by atoms with E-state index >= 15 is 0 Å². The number of rotatable bonds is 9. The van der Waals surface area contributed by atoms with Crippen molar-refractivity contribution in [2.24, 2.45) is 10.8 Å². The fourth-order valence-electron chi connectivity index (χ4n) is 4.06. The number of aromatic nitrogens is 8. The van der Waals surface area contributed by atoms with E-state index in [1.807, 2.05) is 26.0 Å². The van der Waals surface area contributed by atoms with Gasteiger partial charge in [-0.15, -0.1) is 0 Å². The van der Waals surface area contributed by atoms with Crippen molar-refractivity contribution in [2.75, 3.05) is 13.2 Å². The van der Waals surface area contributed by atoms with E-state index < -0.39 is 11.9 Å². The molecule has 0 atom stereocenters. The van der Waals surface area contributed by atoms with Gasteiger partial charge in [0.1, 0.15) is 20.8 Å². The molecule has 0 bridgehead atoms. The zero-order valence-electron chi connectivity index (χ0n) is 34.6. The number of nitrogens with zero attached hydrogens (tertiary/aromatic N) is 7. The number of imidazole rings is 1. The number of alkyl halides is 5. The summed E-state index contributed by atoms with van der Waals surface area (Å²) >= 11 is 6.01. The van der Waals surface area contributed by atoms with Gasteiger partial charge in [-0.1, -0.05) is 73.4 Å². The maximum atomic E-state index is 12.7. The number of hydrogen-bond acceptors (Lipinski definition) is 15. The Kier molecular flexibility index (Phi) is 21.8. The van der Waals surface area contributed by atoms with Crippen LogP contribution in [-0.2, 0) is 30.1 Å². The van der Waals surface area contributed by atoms with E-state index in [2.05, 4.69) is 113 Å². The van der Waals surface area contributed by atoms with E-state index in [4.69, 9.17) is 28.7 Å². The highest BCUT2D eigenvalue weighted by Crippen LogP contribution is 2.30. The van der Waals surface area contributed by atoms with E-state index in [1.165, 1.54) is 25.5 Å². The molecule has 1 N–H and O–H groups in total. The molecule has 16 nitrogen and oxygen atoms in total. The van der Waals surface area contributed by atoms with Crippen LogP contribution in [0.2, 0.25) is 0 Å². The van der Waals surface area contributed by atoms with E-state index in [0.717, 1.165) is 28.5 Å². The van der Waals surface area contributed by atoms with Crippen LogP contribution in [0.1, 0.15) is 75.8 Å². The van der Waals surface area contributed by atoms with Gasteiger partial charge < -0.3 is 14.5 Å². The summed E-state index contributed by atoms with van der Waals surface area (Å²) in [6.45, 7) is 19.1. The molecule has 0 aliphatic rings. The molecule has 0 aromatic carbocycles. The standard InChI is InChI=1S/C19H20F3N5O.C16H19N3O2.C3H4Br2O.2CO2/c1-11-5-16(28-10-18(2,3)4)25-6-12(11)13-7-24-14(8-23-13)17-26-9-15(27-17)19(20,21)22;1-11-5-15(21-10-16(2,3)4)19-7-13(11)14-8-17-12(9-20)6-18-14;1-2(6)3(4)5;2*2-1-3/h5-9H,10H2,1-4H3,(H,26,27);5-9H,10H2,1-4H3;3H,1H3;;. The number of carbonyl (C=O) groups is 2. The number of aromatic amines is 1. The van der Waals surface area contributed by atoms with Crippen molar-refractivity contribution in [1.82, 2.24) is 39.9 Å². The quantitative estimate of drug-likeness (QED) is 0.108. The van der Waals surface area contributed by atoms with Gasteiger partial charge in [-0.3, -0.25) is 19.6 Å². The monoisotopic (exact) mass is 978 g/mol. The number of hydrogen-bond donors (Lipinski definition) is 1. The van der Waals surface area contributed by atoms with E-state index in [-0.39, 0.29) is 44.2 Å². The van der Waals surface area contributed by atoms with Gasteiger partial charge in [0.15, 0.2) is 17.9 Å². The van der Waals surface area contributed by atoms with Crippen LogP contribution in [0.4, 0.5) is 13.2 Å². The molecule has 326 valence electrons. The Morgan fingerprint density at radius 2 is 1.08 bits per heavy atom. The molecule has 5 aromatic rings. The second-order valence-electron chi connectivity index (χ2n) is 14.8. The molecular weight excluding hydrogens is 937 g/mol. The summed E-state index contributed by atoms with van der Waals surface area (Å²) in [5, 5.41) is 0. The van der Waals surface area contributed by atoms with E-state index in [1.54, 1.807) is 18.6 Å². The van der Waals surface area contributed by atoms with Crippen LogP contribution in [0.15, 0.2) is 55.5 Å². The lowest BCUT2D eigenvalue weighted by atomic mass is 9.99. The molecular formula is C40H43Br2F3N8O8. The number of halogens is 5. The molecule has 5 aromatic heterocycles. The van der Waals surface area contributed by atoms with Gasteiger partial charge in [0, 0.05) is 35.7 Å². The number of pyridine rings is 2. The normalized spacial score (nSPS) is 10.7. The van der Waals surface area contributed by atoms with Gasteiger partial charge in [0.25, 0.3) is 0 Å². The summed E-state index contributed by atoms with van der Waals surface area (Å²) in [4.78, 5) is 84.4. The number of nitrogens with one attached hydrogen (secondary N) is 1. The zero-order chi connectivity index (χ0) is 46.6. The Morgan fingerprint density at radius 1 is 0.689 bits per heavy atom. The summed E-state index contributed by atoms with van der Waals surface area (Å²) in [5.41, 5.74) is 4.49. The average molecular weight is 981 g/mol. The first-order chi connectivity index (χ1) is 28.4. The van der Waals surface area contributed by atoms with Crippen LogP contribution < -0.4 is 9.47 Å². The first-order valence-corrected chi connectivity index (χ1v) is 19.4. The first-order valence-electron chi connectivity index (χ1n) is 17.6. The number of H-pyrrole nitrogens is 1. The minimum absolute atomic E-state index is 0.00662. The van der Waals surface area contributed by atoms with Crippen LogP contribution in [-0.4, -0.2) is 81.2 Å². The fourth-order valence-corrected chi connectivity index (χ4v) is 4.06. The molecule has 0 saturated heterocycles. The average Bonchev–Trinajstić information content (AvgIpc) is 3.69. The number of carbonyl (C=O) groups excluding carboxylic acids is 6. The maximum absolute atomic E-state index is 12.7. The van der Waals surface area contributed by atoms with Gasteiger partial charge in [0.05, 0.1) is 55.6 Å². The number of ether oxygens (including phenoxy) is 2. The number of ketones is 1. The predicted octanol–water partition coefficient (Wildman–Crippen LogP) is 8.29. The first kappa shape index (κ1) is 53.1. The highest BCUT2D eigenvalue weighted by atomic mass is 79.9. The highest BCUT2D eigenvalue weighted by Gasteiger charge is 2.33. The third-order valence-electron chi connectivity index (χ3n) is 6.90. The second kappa shape index (κ2) is 25.0. The topological polar surface area (TPSA) is 227 Å². The van der Waals surface area contributed by atoms with Crippen LogP contribution in [0.5, 0.6) is 11.8 Å². The SMILES string of the molecule is CC(=O)C(Br)Br.Cc1cc(OCC(C)(C)C)ncc1-c1cnc(-c2ncc(C(F)(F)F)[nH]2)cn1.Cc1cc(OCC(C)(C)C)ncc1-c1cnc(C=O)cn1.O=C=O.O=C=O. The minimum atomic E-state index is -4.49. The second-order valence-corrected chi connectivity index (χ2v) is 17.9. The van der Waals surface area contributed by atoms with Crippen LogP contribution in [0.25, 0.3) is 34.0 Å². The Balaban J connectivity index is 0.000000494. The Labute approximate surface area is 366 Å². The molecule has 0 amide bonds. The Bertz CT molecular complexity index is 2220. The van der Waals surface area contributed by atoms with E-state index in [0.29, 0.717) is 48.3 Å². The minimum Gasteiger partial charge on any atom is -0.477 e. The van der Waals surface area contributed by atoms with Gasteiger partial charge >= 0.3 is 18.5 Å². The fraction of sp³-hybridized carbons (Fsp3) is 0.375. The van der Waals surface area contributed by atoms with Crippen molar-refractivity contribution in [3.05, 3.63) is 78.0 Å². The highest BCUT2D eigenvalue weighted by molar-refractivity contribution is 9.25. The summed E-state index contributed by atoms with van der Waals surface area (Å²) < 4.78 is 49.2. The summed E-state index contributed by atoms with van der Waals surface area (Å²) in [5.74, 6) is 1.22. The van der Waals surface area contributed by atoms with Crippen LogP contribution >= 0.6 is 31.9 Å². The largest absolute Gasteiger partial charge is 0.477 e. The van der Waals surface area contributed by atoms with Gasteiger partial charge in [-0.05, 0) is 42.7 Å². The molecule has 0 aliphatic carbocycles. The molecule has 21 heteroatoms. The van der Waals surface area contributed by atoms with Crippen LogP contribution in [0.3, 0.4) is 0 Å². The predicted molar refractivity (Wildman–Crippen MR) is 220 cm³/mol. The zero-order valence-corrected chi connectivity index (χ0v) is 37.7. The van der Waals surface area contributed by atoms with Crippen LogP contribution in [0, 0.1) is 24.7 Å². The molecule has 0 aliphatic heterocycles. The molecule has 0 unspecified atom stereocenters. The van der Waals surface area contributed by atoms with Crippen molar-refractivity contribution in [1.29, 1.82) is 0 Å². The van der Waals surface area contributed by atoms with Crippen molar-refractivity contribution < 1.29 is 51.4 Å². The summed E-state index contributed by atoms with van der Waals surface area (Å²) in [7, 11) is 0. The third kappa shape index (κ3) is 20.3. The molecule has 5 heterocycles. The maximum Gasteiger partial charge on any atom is 0.432 e. The van der Waals surface area contributed by atoms with Crippen molar-refractivity contribution in [3.63, 3.8) is 0 Å². The van der Waals surface area contributed by atoms with Gasteiger partial charge in [-0.25, -0.2) is 24.9 Å². The lowest BCUT2D eigenvalue weighted by Gasteiger charge is -2.18. The Hall–Kier alpha value is -5.88. The van der Waals surface area contributed by atoms with Crippen molar-refractivity contribution >= 4 is 56.2 Å². The lowest BCUT2D eigenvalue weighted by molar-refractivity contribution is -0.193. The van der Waals surface area contributed by atoms with Gasteiger partial charge in [0.2, 0.25) is 11.8 Å². The molecule has 5 rings (SSSR count). The molecule has 0 fully saturated rings. The number of aldehydes is 1.